The first-order chi connectivity index (χ1) is 16.4. The molecule has 0 unspecified atom stereocenters. The average molecular weight is 548 g/mol. The fourth-order valence-corrected chi connectivity index (χ4v) is 3.84. The average Bonchev–Trinajstić information content (AvgIpc) is 3.30. The third-order valence-corrected chi connectivity index (χ3v) is 5.20. The largest absolute Gasteiger partial charge is 0.460 e. The van der Waals surface area contributed by atoms with E-state index in [1.165, 1.54) is 16.8 Å². The highest BCUT2D eigenvalue weighted by Crippen LogP contribution is 2.24. The number of carbonyl (C=O) groups is 2. The van der Waals surface area contributed by atoms with Gasteiger partial charge in [-0.1, -0.05) is 12.1 Å². The van der Waals surface area contributed by atoms with E-state index < -0.39 is 22.5 Å². The van der Waals surface area contributed by atoms with Crippen LogP contribution in [0.3, 0.4) is 0 Å². The van der Waals surface area contributed by atoms with Crippen molar-refractivity contribution in [2.45, 2.75) is 53.3 Å². The number of nitro groups is 1. The molecular weight excluding hydrogens is 522 g/mol. The highest BCUT2D eigenvalue weighted by atomic mass is 79.9. The van der Waals surface area contributed by atoms with Gasteiger partial charge in [0.1, 0.15) is 10.2 Å². The van der Waals surface area contributed by atoms with Crippen LogP contribution in [0, 0.1) is 17.0 Å². The predicted molar refractivity (Wildman–Crippen MR) is 129 cm³/mol. The van der Waals surface area contributed by atoms with Crippen molar-refractivity contribution >= 4 is 33.6 Å². The van der Waals surface area contributed by atoms with Crippen LogP contribution in [0.15, 0.2) is 35.1 Å². The molecule has 0 radical (unpaired) electrons. The zero-order valence-corrected chi connectivity index (χ0v) is 21.7. The lowest BCUT2D eigenvalue weighted by Gasteiger charge is -2.18. The fraction of sp³-hybridized carbons (Fsp3) is 0.391. The van der Waals surface area contributed by atoms with E-state index in [4.69, 9.17) is 9.47 Å². The molecule has 0 saturated carbocycles. The summed E-state index contributed by atoms with van der Waals surface area (Å²) in [6.07, 6.45) is 1.34. The van der Waals surface area contributed by atoms with Crippen LogP contribution in [-0.2, 0) is 22.6 Å². The lowest BCUT2D eigenvalue weighted by atomic mass is 10.1. The Morgan fingerprint density at radius 2 is 1.89 bits per heavy atom. The zero-order valence-electron chi connectivity index (χ0n) is 20.1. The summed E-state index contributed by atoms with van der Waals surface area (Å²) in [5.41, 5.74) is 0.925. The maximum atomic E-state index is 12.5. The van der Waals surface area contributed by atoms with Crippen molar-refractivity contribution in [2.24, 2.45) is 0 Å². The Kier molecular flexibility index (Phi) is 7.73. The molecule has 35 heavy (non-hydrogen) atoms. The summed E-state index contributed by atoms with van der Waals surface area (Å²) in [6, 6.07) is 6.69. The minimum Gasteiger partial charge on any atom is -0.460 e. The van der Waals surface area contributed by atoms with E-state index in [0.717, 1.165) is 5.69 Å². The van der Waals surface area contributed by atoms with Crippen molar-refractivity contribution in [1.82, 2.24) is 19.3 Å². The molecule has 3 rings (SSSR count). The third-order valence-electron chi connectivity index (χ3n) is 4.81. The van der Waals surface area contributed by atoms with Gasteiger partial charge < -0.3 is 14.0 Å². The summed E-state index contributed by atoms with van der Waals surface area (Å²) in [6.45, 7) is 9.04. The van der Waals surface area contributed by atoms with E-state index in [0.29, 0.717) is 22.3 Å². The maximum absolute atomic E-state index is 12.5. The van der Waals surface area contributed by atoms with E-state index >= 15 is 0 Å². The molecule has 0 bridgehead atoms. The molecule has 0 aliphatic carbocycles. The number of esters is 2. The topological polar surface area (TPSA) is 131 Å². The number of nitrogens with zero attached hydrogens (tertiary/aromatic N) is 5. The number of halogens is 1. The summed E-state index contributed by atoms with van der Waals surface area (Å²) < 4.78 is 14.2. The Balaban J connectivity index is 1.96. The van der Waals surface area contributed by atoms with Crippen molar-refractivity contribution in [2.75, 3.05) is 6.61 Å². The first-order valence-electron chi connectivity index (χ1n) is 10.8. The number of hydrogen-bond acceptors (Lipinski definition) is 8. The van der Waals surface area contributed by atoms with Crippen molar-refractivity contribution < 1.29 is 24.0 Å². The van der Waals surface area contributed by atoms with Crippen molar-refractivity contribution in [3.8, 4) is 0 Å². The quantitative estimate of drug-likeness (QED) is 0.232. The summed E-state index contributed by atoms with van der Waals surface area (Å²) in [7, 11) is 0. The number of carbonyl (C=O) groups excluding carboxylic acids is 2. The number of rotatable bonds is 8. The van der Waals surface area contributed by atoms with Crippen LogP contribution in [0.25, 0.3) is 0 Å². The first kappa shape index (κ1) is 26.1. The predicted octanol–water partition coefficient (Wildman–Crippen LogP) is 4.29. The molecule has 11 nitrogen and oxygen atoms in total. The molecule has 2 heterocycles. The van der Waals surface area contributed by atoms with Crippen molar-refractivity contribution in [3.05, 3.63) is 73.5 Å². The lowest BCUT2D eigenvalue weighted by Crippen LogP contribution is -2.24. The number of ether oxygens (including phenoxy) is 2. The van der Waals surface area contributed by atoms with E-state index in [2.05, 4.69) is 26.0 Å². The highest BCUT2D eigenvalue weighted by molar-refractivity contribution is 9.10. The van der Waals surface area contributed by atoms with Crippen LogP contribution in [0.4, 0.5) is 5.69 Å². The molecule has 0 spiro atoms. The lowest BCUT2D eigenvalue weighted by molar-refractivity contribution is -0.385. The molecular formula is C23H26BrN5O6. The number of benzene rings is 1. The Morgan fingerprint density at radius 3 is 2.46 bits per heavy atom. The van der Waals surface area contributed by atoms with E-state index in [1.807, 2.05) is 13.0 Å². The summed E-state index contributed by atoms with van der Waals surface area (Å²) in [5.74, 6) is -1.61. The Labute approximate surface area is 210 Å². The number of nitro benzene ring substituents is 1. The SMILES string of the molecule is CCOC(=O)c1nc(C(=O)OC(C)(C)C)cn1Cc1ccc(Cn2nc(Br)cc2C)cc1[N+](=O)[O-]. The second-order valence-electron chi connectivity index (χ2n) is 8.79. The number of hydrogen-bond donors (Lipinski definition) is 0. The summed E-state index contributed by atoms with van der Waals surface area (Å²) in [4.78, 5) is 40.5. The van der Waals surface area contributed by atoms with Gasteiger partial charge in [-0.3, -0.25) is 14.8 Å². The molecule has 0 amide bonds. The van der Waals surface area contributed by atoms with Crippen LogP contribution in [0.2, 0.25) is 0 Å². The number of aromatic nitrogens is 4. The molecule has 2 aromatic heterocycles. The summed E-state index contributed by atoms with van der Waals surface area (Å²) in [5, 5.41) is 16.2. The molecule has 0 N–H and O–H groups in total. The monoisotopic (exact) mass is 547 g/mol. The fourth-order valence-electron chi connectivity index (χ4n) is 3.32. The van der Waals surface area contributed by atoms with Gasteiger partial charge in [0, 0.05) is 23.5 Å². The molecule has 1 aromatic carbocycles. The van der Waals surface area contributed by atoms with Gasteiger partial charge in [0.05, 0.1) is 24.6 Å². The maximum Gasteiger partial charge on any atom is 0.374 e. The van der Waals surface area contributed by atoms with Gasteiger partial charge >= 0.3 is 11.9 Å². The first-order valence-corrected chi connectivity index (χ1v) is 11.6. The highest BCUT2D eigenvalue weighted by Gasteiger charge is 2.26. The van der Waals surface area contributed by atoms with E-state index in [-0.39, 0.29) is 30.4 Å². The second kappa shape index (κ2) is 10.4. The van der Waals surface area contributed by atoms with Crippen molar-refractivity contribution in [3.63, 3.8) is 0 Å². The van der Waals surface area contributed by atoms with Gasteiger partial charge in [-0.15, -0.1) is 0 Å². The van der Waals surface area contributed by atoms with Gasteiger partial charge in [-0.2, -0.15) is 5.10 Å². The van der Waals surface area contributed by atoms with Gasteiger partial charge in [0.25, 0.3) is 5.69 Å². The Morgan fingerprint density at radius 1 is 1.17 bits per heavy atom. The molecule has 0 aliphatic rings. The Bertz CT molecular complexity index is 1270. The number of imidazole rings is 1. The van der Waals surface area contributed by atoms with E-state index in [1.54, 1.807) is 44.5 Å². The molecule has 3 aromatic rings. The van der Waals surface area contributed by atoms with Crippen LogP contribution in [-0.4, -0.2) is 48.4 Å². The van der Waals surface area contributed by atoms with Gasteiger partial charge in [0.2, 0.25) is 5.82 Å². The molecule has 0 atom stereocenters. The molecule has 0 saturated heterocycles. The smallest absolute Gasteiger partial charge is 0.374 e. The molecule has 186 valence electrons. The zero-order chi connectivity index (χ0) is 25.9. The molecule has 12 heteroatoms. The third kappa shape index (κ3) is 6.53. The summed E-state index contributed by atoms with van der Waals surface area (Å²) >= 11 is 3.32. The molecule has 0 fully saturated rings. The second-order valence-corrected chi connectivity index (χ2v) is 9.60. The minimum atomic E-state index is -0.762. The van der Waals surface area contributed by atoms with E-state index in [9.17, 15) is 19.7 Å². The van der Waals surface area contributed by atoms with Crippen LogP contribution >= 0.6 is 15.9 Å². The number of aryl methyl sites for hydroxylation is 1. The standard InChI is InChI=1S/C23H26BrN5O6/c1-6-34-22(31)20-25-17(21(30)35-23(3,4)5)13-27(20)12-16-8-7-15(10-18(16)29(32)33)11-28-14(2)9-19(24)26-28/h7-10,13H,6,11-12H2,1-5H3. The molecule has 0 aliphatic heterocycles. The normalized spacial score (nSPS) is 11.4. The van der Waals surface area contributed by atoms with Gasteiger partial charge in [-0.05, 0) is 62.2 Å². The van der Waals surface area contributed by atoms with Crippen LogP contribution in [0.1, 0.15) is 65.6 Å². The van der Waals surface area contributed by atoms with Crippen LogP contribution < -0.4 is 0 Å². The van der Waals surface area contributed by atoms with Gasteiger partial charge in [0.15, 0.2) is 5.69 Å². The Hall–Kier alpha value is -3.54. The van der Waals surface area contributed by atoms with Gasteiger partial charge in [-0.25, -0.2) is 14.6 Å². The minimum absolute atomic E-state index is 0.0765. The van der Waals surface area contributed by atoms with Crippen molar-refractivity contribution in [1.29, 1.82) is 0 Å². The van der Waals surface area contributed by atoms with Crippen LogP contribution in [0.5, 0.6) is 0 Å².